The molecule has 1 N–H and O–H groups in total. The van der Waals surface area contributed by atoms with Gasteiger partial charge >= 0.3 is 0 Å². The van der Waals surface area contributed by atoms with Gasteiger partial charge in [0.15, 0.2) is 0 Å². The van der Waals surface area contributed by atoms with Gasteiger partial charge in [-0.2, -0.15) is 5.10 Å². The van der Waals surface area contributed by atoms with Crippen molar-refractivity contribution in [2.45, 2.75) is 20.4 Å². The van der Waals surface area contributed by atoms with Crippen LogP contribution in [-0.2, 0) is 6.54 Å². The van der Waals surface area contributed by atoms with Crippen molar-refractivity contribution in [3.63, 3.8) is 0 Å². The molecule has 0 amide bonds. The van der Waals surface area contributed by atoms with E-state index in [1.165, 1.54) is 11.1 Å². The first kappa shape index (κ1) is 12.6. The number of nitrogens with one attached hydrogen (secondary N) is 1. The highest BCUT2D eigenvalue weighted by molar-refractivity contribution is 14.1. The van der Waals surface area contributed by atoms with Crippen molar-refractivity contribution < 1.29 is 0 Å². The van der Waals surface area contributed by atoms with E-state index in [1.807, 2.05) is 17.1 Å². The molecule has 0 unspecified atom stereocenters. The summed E-state index contributed by atoms with van der Waals surface area (Å²) in [6.07, 6.45) is 3.90. The van der Waals surface area contributed by atoms with E-state index >= 15 is 0 Å². The summed E-state index contributed by atoms with van der Waals surface area (Å²) in [7, 11) is 0. The number of aromatic nitrogens is 2. The van der Waals surface area contributed by atoms with E-state index in [-0.39, 0.29) is 0 Å². The van der Waals surface area contributed by atoms with Gasteiger partial charge in [-0.25, -0.2) is 4.68 Å². The molecule has 0 fully saturated rings. The van der Waals surface area contributed by atoms with Crippen molar-refractivity contribution in [2.75, 3.05) is 6.54 Å². The minimum atomic E-state index is 0.925. The van der Waals surface area contributed by atoms with Crippen LogP contribution < -0.4 is 5.32 Å². The van der Waals surface area contributed by atoms with Crippen molar-refractivity contribution in [1.82, 2.24) is 15.1 Å². The molecular formula is C13H16IN3. The lowest BCUT2D eigenvalue weighted by Crippen LogP contribution is -2.12. The maximum atomic E-state index is 4.33. The number of rotatable bonds is 4. The first-order chi connectivity index (χ1) is 8.20. The average molecular weight is 341 g/mol. The molecule has 0 radical (unpaired) electrons. The summed E-state index contributed by atoms with van der Waals surface area (Å²) < 4.78 is 3.08. The Balaban J connectivity index is 2.25. The second-order valence-electron chi connectivity index (χ2n) is 4.00. The molecular weight excluding hydrogens is 325 g/mol. The second-order valence-corrected chi connectivity index (χ2v) is 5.25. The van der Waals surface area contributed by atoms with Gasteiger partial charge in [0, 0.05) is 12.7 Å². The van der Waals surface area contributed by atoms with Gasteiger partial charge < -0.3 is 5.32 Å². The van der Waals surface area contributed by atoms with Crippen LogP contribution in [-0.4, -0.2) is 16.3 Å². The maximum absolute atomic E-state index is 4.33. The highest BCUT2D eigenvalue weighted by Gasteiger charge is 2.03. The minimum absolute atomic E-state index is 0.925. The lowest BCUT2D eigenvalue weighted by atomic mass is 10.1. The predicted molar refractivity (Wildman–Crippen MR) is 78.4 cm³/mol. The van der Waals surface area contributed by atoms with Crippen LogP contribution in [0.4, 0.5) is 0 Å². The fraction of sp³-hybridized carbons (Fsp3) is 0.308. The van der Waals surface area contributed by atoms with E-state index in [2.05, 4.69) is 65.1 Å². The zero-order chi connectivity index (χ0) is 12.3. The Morgan fingerprint density at radius 1 is 1.41 bits per heavy atom. The molecule has 1 heterocycles. The van der Waals surface area contributed by atoms with Gasteiger partial charge in [0.25, 0.3) is 0 Å². The zero-order valence-corrected chi connectivity index (χ0v) is 12.2. The third-order valence-electron chi connectivity index (χ3n) is 2.64. The molecule has 17 heavy (non-hydrogen) atoms. The fourth-order valence-electron chi connectivity index (χ4n) is 1.79. The van der Waals surface area contributed by atoms with Crippen LogP contribution in [0.25, 0.3) is 5.69 Å². The van der Waals surface area contributed by atoms with Crippen molar-refractivity contribution in [3.05, 3.63) is 45.3 Å². The van der Waals surface area contributed by atoms with Crippen molar-refractivity contribution in [2.24, 2.45) is 0 Å². The molecule has 0 saturated carbocycles. The van der Waals surface area contributed by atoms with Crippen LogP contribution >= 0.6 is 22.6 Å². The van der Waals surface area contributed by atoms with Crippen LogP contribution in [0.3, 0.4) is 0 Å². The summed E-state index contributed by atoms with van der Waals surface area (Å²) in [5, 5.41) is 7.66. The monoisotopic (exact) mass is 341 g/mol. The second kappa shape index (κ2) is 5.64. The first-order valence-electron chi connectivity index (χ1n) is 5.71. The SMILES string of the molecule is CCNCc1ccc(-n2cc(I)cn2)c(C)c1. The fourth-order valence-corrected chi connectivity index (χ4v) is 2.17. The number of halogens is 1. The Kier molecular flexibility index (Phi) is 4.17. The number of benzene rings is 1. The first-order valence-corrected chi connectivity index (χ1v) is 6.79. The van der Waals surface area contributed by atoms with Gasteiger partial charge in [-0.1, -0.05) is 19.1 Å². The number of aryl methyl sites for hydroxylation is 1. The molecule has 1 aromatic heterocycles. The van der Waals surface area contributed by atoms with Gasteiger partial charge in [0.1, 0.15) is 0 Å². The van der Waals surface area contributed by atoms with Crippen molar-refractivity contribution in [3.8, 4) is 5.69 Å². The molecule has 1 aromatic carbocycles. The third-order valence-corrected chi connectivity index (χ3v) is 3.20. The van der Waals surface area contributed by atoms with Gasteiger partial charge in [0.2, 0.25) is 0 Å². The molecule has 0 spiro atoms. The van der Waals surface area contributed by atoms with Crippen molar-refractivity contribution in [1.29, 1.82) is 0 Å². The molecule has 0 aliphatic rings. The van der Waals surface area contributed by atoms with E-state index in [9.17, 15) is 0 Å². The Morgan fingerprint density at radius 3 is 2.82 bits per heavy atom. The van der Waals surface area contributed by atoms with Crippen LogP contribution in [0.15, 0.2) is 30.6 Å². The summed E-state index contributed by atoms with van der Waals surface area (Å²) in [5.74, 6) is 0. The quantitative estimate of drug-likeness (QED) is 0.867. The normalized spacial score (nSPS) is 10.8. The number of hydrogen-bond acceptors (Lipinski definition) is 2. The summed E-state index contributed by atoms with van der Waals surface area (Å²) in [6, 6.07) is 6.50. The third kappa shape index (κ3) is 3.07. The van der Waals surface area contributed by atoms with Gasteiger partial charge in [-0.15, -0.1) is 0 Å². The van der Waals surface area contributed by atoms with Crippen LogP contribution in [0.5, 0.6) is 0 Å². The number of nitrogens with zero attached hydrogens (tertiary/aromatic N) is 2. The van der Waals surface area contributed by atoms with E-state index in [0.29, 0.717) is 0 Å². The van der Waals surface area contributed by atoms with E-state index in [0.717, 1.165) is 22.3 Å². The Morgan fingerprint density at radius 2 is 2.24 bits per heavy atom. The molecule has 4 heteroatoms. The molecule has 3 nitrogen and oxygen atoms in total. The molecule has 2 rings (SSSR count). The summed E-state index contributed by atoms with van der Waals surface area (Å²) in [5.41, 5.74) is 3.71. The standard InChI is InChI=1S/C13H16IN3/c1-3-15-7-11-4-5-13(10(2)6-11)17-9-12(14)8-16-17/h4-6,8-9,15H,3,7H2,1-2H3. The van der Waals surface area contributed by atoms with Gasteiger partial charge in [-0.3, -0.25) is 0 Å². The highest BCUT2D eigenvalue weighted by Crippen LogP contribution is 2.16. The molecule has 0 aliphatic carbocycles. The Hall–Kier alpha value is -0.880. The van der Waals surface area contributed by atoms with Gasteiger partial charge in [0.05, 0.1) is 15.5 Å². The maximum Gasteiger partial charge on any atom is 0.0675 e. The average Bonchev–Trinajstić information content (AvgIpc) is 2.73. The lowest BCUT2D eigenvalue weighted by molar-refractivity contribution is 0.725. The van der Waals surface area contributed by atoms with E-state index < -0.39 is 0 Å². The summed E-state index contributed by atoms with van der Waals surface area (Å²) >= 11 is 2.27. The molecule has 0 aliphatic heterocycles. The lowest BCUT2D eigenvalue weighted by Gasteiger charge is -2.08. The summed E-state index contributed by atoms with van der Waals surface area (Å²) in [6.45, 7) is 6.17. The summed E-state index contributed by atoms with van der Waals surface area (Å²) in [4.78, 5) is 0. The molecule has 90 valence electrons. The van der Waals surface area contributed by atoms with Crippen molar-refractivity contribution >= 4 is 22.6 Å². The highest BCUT2D eigenvalue weighted by atomic mass is 127. The topological polar surface area (TPSA) is 29.9 Å². The van der Waals surface area contributed by atoms with E-state index in [4.69, 9.17) is 0 Å². The minimum Gasteiger partial charge on any atom is -0.313 e. The van der Waals surface area contributed by atoms with Crippen LogP contribution in [0.2, 0.25) is 0 Å². The largest absolute Gasteiger partial charge is 0.313 e. The van der Waals surface area contributed by atoms with Crippen LogP contribution in [0, 0.1) is 10.5 Å². The molecule has 0 atom stereocenters. The Bertz CT molecular complexity index is 505. The smallest absolute Gasteiger partial charge is 0.0675 e. The predicted octanol–water partition coefficient (Wildman–Crippen LogP) is 2.89. The Labute approximate surface area is 115 Å². The number of hydrogen-bond donors (Lipinski definition) is 1. The molecule has 0 saturated heterocycles. The zero-order valence-electron chi connectivity index (χ0n) is 10.1. The van der Waals surface area contributed by atoms with E-state index in [1.54, 1.807) is 0 Å². The molecule has 2 aromatic rings. The molecule has 0 bridgehead atoms. The van der Waals surface area contributed by atoms with Gasteiger partial charge in [-0.05, 0) is 53.3 Å². The van der Waals surface area contributed by atoms with Crippen LogP contribution in [0.1, 0.15) is 18.1 Å².